The van der Waals surface area contributed by atoms with E-state index < -0.39 is 0 Å². The molecule has 1 unspecified atom stereocenters. The van der Waals surface area contributed by atoms with E-state index in [0.717, 1.165) is 50.6 Å². The van der Waals surface area contributed by atoms with Crippen LogP contribution in [-0.2, 0) is 24.0 Å². The van der Waals surface area contributed by atoms with Crippen LogP contribution < -0.4 is 10.6 Å². The van der Waals surface area contributed by atoms with Gasteiger partial charge < -0.3 is 19.8 Å². The number of hydrogen-bond acceptors (Lipinski definition) is 3. The first-order valence-corrected chi connectivity index (χ1v) is 9.57. The van der Waals surface area contributed by atoms with Gasteiger partial charge in [-0.15, -0.1) is 0 Å². The molecule has 0 saturated heterocycles. The van der Waals surface area contributed by atoms with Crippen LogP contribution in [0.4, 0.5) is 0 Å². The Bertz CT molecular complexity index is 682. The van der Waals surface area contributed by atoms with E-state index in [1.54, 1.807) is 6.26 Å². The van der Waals surface area contributed by atoms with Crippen molar-refractivity contribution < 1.29 is 9.15 Å². The van der Waals surface area contributed by atoms with E-state index in [4.69, 9.17) is 9.15 Å². The fourth-order valence-corrected chi connectivity index (χ4v) is 3.29. The molecular weight excluding hydrogens is 326 g/mol. The van der Waals surface area contributed by atoms with Gasteiger partial charge in [-0.3, -0.25) is 4.99 Å². The Balaban J connectivity index is 1.54. The largest absolute Gasteiger partial charge is 0.469 e. The molecule has 0 bridgehead atoms. The lowest BCUT2D eigenvalue weighted by Crippen LogP contribution is -2.46. The third kappa shape index (κ3) is 5.63. The number of rotatable bonds is 8. The van der Waals surface area contributed by atoms with Gasteiger partial charge in [0.25, 0.3) is 0 Å². The Morgan fingerprint density at radius 3 is 2.92 bits per heavy atom. The topological polar surface area (TPSA) is 58.8 Å². The zero-order chi connectivity index (χ0) is 18.0. The standard InChI is InChI=1S/C21H29N3O2/c1-2-25-15-13-23-21(22-12-11-20-8-5-14-26-20)24-19-10-9-17-6-3-4-7-18(17)16-19/h3-8,14,19H,2,9-13,15-16H2,1H3,(H2,22,23,24). The van der Waals surface area contributed by atoms with E-state index >= 15 is 0 Å². The molecule has 0 amide bonds. The summed E-state index contributed by atoms with van der Waals surface area (Å²) in [6, 6.07) is 13.1. The van der Waals surface area contributed by atoms with Crippen LogP contribution in [0.3, 0.4) is 0 Å². The van der Waals surface area contributed by atoms with E-state index in [9.17, 15) is 0 Å². The predicted molar refractivity (Wildman–Crippen MR) is 105 cm³/mol. The number of fused-ring (bicyclic) bond motifs is 1. The highest BCUT2D eigenvalue weighted by atomic mass is 16.5. The molecule has 1 aromatic carbocycles. The number of aryl methyl sites for hydroxylation is 1. The summed E-state index contributed by atoms with van der Waals surface area (Å²) in [5.41, 5.74) is 2.92. The van der Waals surface area contributed by atoms with Crippen LogP contribution in [0, 0.1) is 0 Å². The fraction of sp³-hybridized carbons (Fsp3) is 0.476. The molecule has 0 saturated carbocycles. The molecular formula is C21H29N3O2. The minimum Gasteiger partial charge on any atom is -0.469 e. The van der Waals surface area contributed by atoms with Crippen molar-refractivity contribution in [3.8, 4) is 0 Å². The van der Waals surface area contributed by atoms with Gasteiger partial charge in [-0.2, -0.15) is 0 Å². The SMILES string of the molecule is CCOCCN=C(NCCc1ccco1)NC1CCc2ccccc2C1. The zero-order valence-corrected chi connectivity index (χ0v) is 15.5. The van der Waals surface area contributed by atoms with Crippen molar-refractivity contribution in [1.82, 2.24) is 10.6 Å². The normalized spacial score (nSPS) is 17.0. The van der Waals surface area contributed by atoms with Crippen molar-refractivity contribution >= 4 is 5.96 Å². The van der Waals surface area contributed by atoms with E-state index in [1.807, 2.05) is 19.1 Å². The minimum atomic E-state index is 0.409. The number of nitrogens with zero attached hydrogens (tertiary/aromatic N) is 1. The van der Waals surface area contributed by atoms with Crippen LogP contribution in [-0.4, -0.2) is 38.3 Å². The van der Waals surface area contributed by atoms with E-state index in [2.05, 4.69) is 39.9 Å². The average molecular weight is 355 g/mol. The predicted octanol–water partition coefficient (Wildman–Crippen LogP) is 2.95. The number of benzene rings is 1. The Kier molecular flexibility index (Phi) is 7.14. The molecule has 3 rings (SSSR count). The van der Waals surface area contributed by atoms with Gasteiger partial charge in [-0.25, -0.2) is 0 Å². The van der Waals surface area contributed by atoms with Crippen LogP contribution >= 0.6 is 0 Å². The van der Waals surface area contributed by atoms with Gasteiger partial charge in [0.15, 0.2) is 5.96 Å². The average Bonchev–Trinajstić information content (AvgIpc) is 3.18. The Labute approximate surface area is 155 Å². The highest BCUT2D eigenvalue weighted by Gasteiger charge is 2.19. The Morgan fingerprint density at radius 1 is 1.23 bits per heavy atom. The molecule has 2 N–H and O–H groups in total. The van der Waals surface area contributed by atoms with E-state index in [1.165, 1.54) is 11.1 Å². The van der Waals surface area contributed by atoms with Crippen molar-refractivity contribution in [3.63, 3.8) is 0 Å². The highest BCUT2D eigenvalue weighted by Crippen LogP contribution is 2.20. The third-order valence-corrected chi connectivity index (χ3v) is 4.64. The molecule has 1 aliphatic rings. The molecule has 5 nitrogen and oxygen atoms in total. The lowest BCUT2D eigenvalue weighted by molar-refractivity contribution is 0.155. The van der Waals surface area contributed by atoms with Gasteiger partial charge in [0.2, 0.25) is 0 Å². The quantitative estimate of drug-likeness (QED) is 0.434. The molecule has 1 aliphatic carbocycles. The highest BCUT2D eigenvalue weighted by molar-refractivity contribution is 5.80. The lowest BCUT2D eigenvalue weighted by atomic mass is 9.88. The maximum Gasteiger partial charge on any atom is 0.191 e. The Morgan fingerprint density at radius 2 is 2.12 bits per heavy atom. The van der Waals surface area contributed by atoms with Crippen LogP contribution in [0.5, 0.6) is 0 Å². The number of hydrogen-bond donors (Lipinski definition) is 2. The molecule has 1 aromatic heterocycles. The van der Waals surface area contributed by atoms with Gasteiger partial charge in [0.1, 0.15) is 5.76 Å². The minimum absolute atomic E-state index is 0.409. The van der Waals surface area contributed by atoms with Crippen LogP contribution in [0.25, 0.3) is 0 Å². The second-order valence-electron chi connectivity index (χ2n) is 6.54. The summed E-state index contributed by atoms with van der Waals surface area (Å²) in [4.78, 5) is 4.67. The number of guanidine groups is 1. The van der Waals surface area contributed by atoms with Crippen molar-refractivity contribution in [2.45, 2.75) is 38.6 Å². The monoisotopic (exact) mass is 355 g/mol. The smallest absolute Gasteiger partial charge is 0.191 e. The molecule has 1 atom stereocenters. The number of furan rings is 1. The van der Waals surface area contributed by atoms with Crippen molar-refractivity contribution in [1.29, 1.82) is 0 Å². The molecule has 0 fully saturated rings. The van der Waals surface area contributed by atoms with Crippen LogP contribution in [0.1, 0.15) is 30.2 Å². The zero-order valence-electron chi connectivity index (χ0n) is 15.5. The molecule has 0 radical (unpaired) electrons. The first kappa shape index (κ1) is 18.5. The first-order valence-electron chi connectivity index (χ1n) is 9.57. The Hall–Kier alpha value is -2.27. The van der Waals surface area contributed by atoms with Gasteiger partial charge in [0.05, 0.1) is 19.4 Å². The summed E-state index contributed by atoms with van der Waals surface area (Å²) in [7, 11) is 0. The van der Waals surface area contributed by atoms with Crippen LogP contribution in [0.2, 0.25) is 0 Å². The van der Waals surface area contributed by atoms with E-state index in [0.29, 0.717) is 19.2 Å². The summed E-state index contributed by atoms with van der Waals surface area (Å²) in [5, 5.41) is 7.04. The molecule has 5 heteroatoms. The second kappa shape index (κ2) is 10.0. The molecule has 2 aromatic rings. The van der Waals surface area contributed by atoms with Crippen molar-refractivity contribution in [2.75, 3.05) is 26.3 Å². The first-order chi connectivity index (χ1) is 12.8. The van der Waals surface area contributed by atoms with Crippen molar-refractivity contribution in [3.05, 3.63) is 59.5 Å². The molecule has 140 valence electrons. The molecule has 26 heavy (non-hydrogen) atoms. The number of ether oxygens (including phenoxy) is 1. The second-order valence-corrected chi connectivity index (χ2v) is 6.54. The maximum atomic E-state index is 5.41. The summed E-state index contributed by atoms with van der Waals surface area (Å²) >= 11 is 0. The van der Waals surface area contributed by atoms with Crippen LogP contribution in [0.15, 0.2) is 52.1 Å². The summed E-state index contributed by atoms with van der Waals surface area (Å²) in [6.45, 7) is 4.83. The molecule has 1 heterocycles. The van der Waals surface area contributed by atoms with Gasteiger partial charge in [-0.05, 0) is 49.4 Å². The summed E-state index contributed by atoms with van der Waals surface area (Å²) in [5.74, 6) is 1.85. The maximum absolute atomic E-state index is 5.41. The number of aliphatic imine (C=N–C) groups is 1. The fourth-order valence-electron chi connectivity index (χ4n) is 3.29. The number of nitrogens with one attached hydrogen (secondary N) is 2. The van der Waals surface area contributed by atoms with Crippen molar-refractivity contribution in [2.24, 2.45) is 4.99 Å². The van der Waals surface area contributed by atoms with Gasteiger partial charge in [-0.1, -0.05) is 24.3 Å². The molecule has 0 aliphatic heterocycles. The summed E-state index contributed by atoms with van der Waals surface area (Å²) < 4.78 is 10.8. The third-order valence-electron chi connectivity index (χ3n) is 4.64. The van der Waals surface area contributed by atoms with Gasteiger partial charge >= 0.3 is 0 Å². The van der Waals surface area contributed by atoms with E-state index in [-0.39, 0.29) is 0 Å². The summed E-state index contributed by atoms with van der Waals surface area (Å²) in [6.07, 6.45) is 5.84. The molecule has 0 spiro atoms. The lowest BCUT2D eigenvalue weighted by Gasteiger charge is -2.27. The van der Waals surface area contributed by atoms with Gasteiger partial charge in [0, 0.05) is 25.6 Å².